The third kappa shape index (κ3) is 3.93. The van der Waals surface area contributed by atoms with Gasteiger partial charge in [0.05, 0.1) is 5.41 Å². The van der Waals surface area contributed by atoms with Crippen LogP contribution in [0.1, 0.15) is 18.4 Å². The summed E-state index contributed by atoms with van der Waals surface area (Å²) in [5.41, 5.74) is 0.726. The Balaban J connectivity index is 0.00000176. The van der Waals surface area contributed by atoms with E-state index in [9.17, 15) is 4.79 Å². The summed E-state index contributed by atoms with van der Waals surface area (Å²) in [5, 5.41) is 7.14. The first-order chi connectivity index (χ1) is 10.2. The summed E-state index contributed by atoms with van der Waals surface area (Å²) < 4.78 is 0. The molecule has 122 valence electrons. The lowest BCUT2D eigenvalue weighted by atomic mass is 9.95. The van der Waals surface area contributed by atoms with E-state index >= 15 is 0 Å². The molecule has 6 heteroatoms. The molecular weight excluding hydrogens is 321 g/mol. The van der Waals surface area contributed by atoms with Crippen LogP contribution in [0, 0.1) is 0 Å². The van der Waals surface area contributed by atoms with E-state index in [0.29, 0.717) is 5.02 Å². The predicted molar refractivity (Wildman–Crippen MR) is 91.9 cm³/mol. The van der Waals surface area contributed by atoms with Crippen molar-refractivity contribution in [2.24, 2.45) is 0 Å². The molecule has 0 aromatic heterocycles. The number of piperazine rings is 1. The van der Waals surface area contributed by atoms with E-state index in [-0.39, 0.29) is 23.7 Å². The van der Waals surface area contributed by atoms with Gasteiger partial charge < -0.3 is 10.6 Å². The van der Waals surface area contributed by atoms with E-state index in [1.807, 2.05) is 24.3 Å². The average molecular weight is 344 g/mol. The highest BCUT2D eigenvalue weighted by Crippen LogP contribution is 2.48. The summed E-state index contributed by atoms with van der Waals surface area (Å²) in [6.45, 7) is 5.87. The highest BCUT2D eigenvalue weighted by Gasteiger charge is 2.51. The van der Waals surface area contributed by atoms with Gasteiger partial charge in [0.15, 0.2) is 0 Å². The van der Waals surface area contributed by atoms with E-state index in [0.717, 1.165) is 57.7 Å². The van der Waals surface area contributed by atoms with E-state index in [4.69, 9.17) is 11.6 Å². The quantitative estimate of drug-likeness (QED) is 0.856. The number of hydrogen-bond donors (Lipinski definition) is 2. The van der Waals surface area contributed by atoms with Crippen LogP contribution in [-0.4, -0.2) is 50.1 Å². The largest absolute Gasteiger partial charge is 0.354 e. The molecule has 3 rings (SSSR count). The van der Waals surface area contributed by atoms with Gasteiger partial charge in [-0.2, -0.15) is 0 Å². The minimum Gasteiger partial charge on any atom is -0.354 e. The third-order valence-corrected chi connectivity index (χ3v) is 4.72. The van der Waals surface area contributed by atoms with Crippen molar-refractivity contribution in [2.45, 2.75) is 18.3 Å². The minimum absolute atomic E-state index is 0. The van der Waals surface area contributed by atoms with Crippen LogP contribution in [0.3, 0.4) is 0 Å². The zero-order valence-corrected chi connectivity index (χ0v) is 14.2. The maximum atomic E-state index is 12.5. The molecule has 2 aliphatic rings. The molecular formula is C16H23Cl2N3O. The molecule has 22 heavy (non-hydrogen) atoms. The van der Waals surface area contributed by atoms with Crippen LogP contribution < -0.4 is 10.6 Å². The van der Waals surface area contributed by atoms with Crippen LogP contribution in [0.2, 0.25) is 5.02 Å². The Morgan fingerprint density at radius 1 is 1.32 bits per heavy atom. The van der Waals surface area contributed by atoms with Crippen LogP contribution >= 0.6 is 24.0 Å². The van der Waals surface area contributed by atoms with Crippen LogP contribution in [0.25, 0.3) is 0 Å². The van der Waals surface area contributed by atoms with Gasteiger partial charge in [0.1, 0.15) is 0 Å². The number of hydrogen-bond acceptors (Lipinski definition) is 3. The van der Waals surface area contributed by atoms with Gasteiger partial charge in [0.2, 0.25) is 5.91 Å². The van der Waals surface area contributed by atoms with Crippen LogP contribution in [0.4, 0.5) is 0 Å². The molecule has 0 radical (unpaired) electrons. The molecule has 1 saturated carbocycles. The fourth-order valence-corrected chi connectivity index (χ4v) is 3.18. The Hall–Kier alpha value is -0.810. The Morgan fingerprint density at radius 3 is 2.68 bits per heavy atom. The van der Waals surface area contributed by atoms with Gasteiger partial charge in [-0.25, -0.2) is 0 Å². The zero-order chi connectivity index (χ0) is 14.7. The summed E-state index contributed by atoms with van der Waals surface area (Å²) in [7, 11) is 0. The van der Waals surface area contributed by atoms with E-state index in [1.54, 1.807) is 0 Å². The molecule has 0 unspecified atom stereocenters. The zero-order valence-electron chi connectivity index (χ0n) is 12.6. The summed E-state index contributed by atoms with van der Waals surface area (Å²) >= 11 is 6.04. The molecule has 1 amide bonds. The smallest absolute Gasteiger partial charge is 0.230 e. The molecule has 1 aliphatic heterocycles. The van der Waals surface area contributed by atoms with Crippen molar-refractivity contribution >= 4 is 29.9 Å². The number of rotatable bonds is 5. The van der Waals surface area contributed by atoms with Crippen molar-refractivity contribution in [2.75, 3.05) is 39.3 Å². The number of carbonyl (C=O) groups excluding carboxylic acids is 1. The first kappa shape index (κ1) is 17.5. The van der Waals surface area contributed by atoms with Gasteiger partial charge in [-0.3, -0.25) is 9.69 Å². The standard InChI is InChI=1S/C16H22ClN3O.ClH/c17-14-3-1-2-13(12-14)16(4-5-16)15(21)19-8-11-20-9-6-18-7-10-20;/h1-3,12,18H,4-11H2,(H,19,21);1H. The monoisotopic (exact) mass is 343 g/mol. The second-order valence-electron chi connectivity index (χ2n) is 5.94. The first-order valence-electron chi connectivity index (χ1n) is 7.68. The van der Waals surface area contributed by atoms with Crippen molar-refractivity contribution < 1.29 is 4.79 Å². The lowest BCUT2D eigenvalue weighted by Crippen LogP contribution is -2.47. The topological polar surface area (TPSA) is 44.4 Å². The van der Waals surface area contributed by atoms with Gasteiger partial charge in [0.25, 0.3) is 0 Å². The van der Waals surface area contributed by atoms with Crippen molar-refractivity contribution in [3.8, 4) is 0 Å². The summed E-state index contributed by atoms with van der Waals surface area (Å²) in [6.07, 6.45) is 1.85. The van der Waals surface area contributed by atoms with E-state index in [2.05, 4.69) is 15.5 Å². The number of carbonyl (C=O) groups is 1. The molecule has 1 aromatic carbocycles. The Kier molecular flexibility index (Phi) is 6.09. The summed E-state index contributed by atoms with van der Waals surface area (Å²) in [6, 6.07) is 7.70. The first-order valence-corrected chi connectivity index (χ1v) is 8.06. The molecule has 0 bridgehead atoms. The Labute approximate surface area is 143 Å². The van der Waals surface area contributed by atoms with Crippen LogP contribution in [-0.2, 0) is 10.2 Å². The second kappa shape index (κ2) is 7.64. The molecule has 4 nitrogen and oxygen atoms in total. The van der Waals surface area contributed by atoms with Gasteiger partial charge in [-0.15, -0.1) is 12.4 Å². The van der Waals surface area contributed by atoms with Crippen molar-refractivity contribution in [3.05, 3.63) is 34.9 Å². The third-order valence-electron chi connectivity index (χ3n) is 4.49. The number of nitrogens with one attached hydrogen (secondary N) is 2. The highest BCUT2D eigenvalue weighted by molar-refractivity contribution is 6.30. The fraction of sp³-hybridized carbons (Fsp3) is 0.562. The van der Waals surface area contributed by atoms with Crippen molar-refractivity contribution in [1.29, 1.82) is 0 Å². The normalized spacial score (nSPS) is 20.0. The average Bonchev–Trinajstić information content (AvgIpc) is 3.30. The Morgan fingerprint density at radius 2 is 2.05 bits per heavy atom. The maximum absolute atomic E-state index is 12.5. The van der Waals surface area contributed by atoms with Crippen LogP contribution in [0.15, 0.2) is 24.3 Å². The van der Waals surface area contributed by atoms with Gasteiger partial charge in [0, 0.05) is 44.3 Å². The van der Waals surface area contributed by atoms with Crippen molar-refractivity contribution in [3.63, 3.8) is 0 Å². The Bertz CT molecular complexity index is 514. The van der Waals surface area contributed by atoms with Gasteiger partial charge >= 0.3 is 0 Å². The highest BCUT2D eigenvalue weighted by atomic mass is 35.5. The molecule has 2 fully saturated rings. The predicted octanol–water partition coefficient (Wildman–Crippen LogP) is 1.81. The van der Waals surface area contributed by atoms with Crippen LogP contribution in [0.5, 0.6) is 0 Å². The fourth-order valence-electron chi connectivity index (χ4n) is 2.99. The van der Waals surface area contributed by atoms with Gasteiger partial charge in [-0.05, 0) is 30.5 Å². The van der Waals surface area contributed by atoms with Crippen molar-refractivity contribution in [1.82, 2.24) is 15.5 Å². The lowest BCUT2D eigenvalue weighted by Gasteiger charge is -2.27. The summed E-state index contributed by atoms with van der Waals surface area (Å²) in [5.74, 6) is 0.153. The number of amides is 1. The van der Waals surface area contributed by atoms with E-state index in [1.165, 1.54) is 0 Å². The molecule has 0 spiro atoms. The SMILES string of the molecule is Cl.O=C(NCCN1CCNCC1)C1(c2cccc(Cl)c2)CC1. The number of halogens is 2. The summed E-state index contributed by atoms with van der Waals surface area (Å²) in [4.78, 5) is 14.9. The number of nitrogens with zero attached hydrogens (tertiary/aromatic N) is 1. The maximum Gasteiger partial charge on any atom is 0.230 e. The molecule has 1 heterocycles. The van der Waals surface area contributed by atoms with Gasteiger partial charge in [-0.1, -0.05) is 23.7 Å². The molecule has 0 atom stereocenters. The molecule has 1 aromatic rings. The second-order valence-corrected chi connectivity index (χ2v) is 6.38. The lowest BCUT2D eigenvalue weighted by molar-refractivity contribution is -0.123. The van der Waals surface area contributed by atoms with E-state index < -0.39 is 0 Å². The minimum atomic E-state index is -0.325. The number of benzene rings is 1. The molecule has 2 N–H and O–H groups in total. The molecule has 1 aliphatic carbocycles. The molecule has 1 saturated heterocycles.